The summed E-state index contributed by atoms with van der Waals surface area (Å²) in [6.07, 6.45) is 1.88. The molecular formula is C22H17ClN6OS. The number of Topliss-reactive ketones (excluding diaryl/α,β-unsaturated/α-hetero) is 1. The Morgan fingerprint density at radius 1 is 1.23 bits per heavy atom. The van der Waals surface area contributed by atoms with Gasteiger partial charge in [-0.15, -0.1) is 10.2 Å². The zero-order valence-corrected chi connectivity index (χ0v) is 18.0. The molecule has 0 atom stereocenters. The first-order chi connectivity index (χ1) is 15.0. The third kappa shape index (κ3) is 4.06. The topological polar surface area (TPSA) is 113 Å². The number of nitrogens with zero attached hydrogens (tertiary/aromatic N) is 4. The van der Waals surface area contributed by atoms with E-state index in [1.807, 2.05) is 53.2 Å². The normalized spacial score (nSPS) is 11.9. The van der Waals surface area contributed by atoms with Crippen LogP contribution in [0.25, 0.3) is 28.0 Å². The number of allylic oxidation sites excluding steroid dienone is 2. The molecule has 2 aromatic heterocycles. The summed E-state index contributed by atoms with van der Waals surface area (Å²) in [6, 6.07) is 17.1. The maximum Gasteiger partial charge on any atom is 0.196 e. The number of para-hydroxylation sites is 1. The minimum atomic E-state index is -0.355. The molecule has 9 heteroatoms. The molecule has 0 amide bonds. The van der Waals surface area contributed by atoms with Crippen LogP contribution in [-0.4, -0.2) is 31.3 Å². The molecule has 0 fully saturated rings. The molecule has 3 N–H and O–H groups in total. The number of nitrogens with two attached hydrogens (primary N) is 1. The van der Waals surface area contributed by atoms with E-state index in [9.17, 15) is 10.1 Å². The molecule has 2 aromatic carbocycles. The third-order valence-corrected chi connectivity index (χ3v) is 5.85. The van der Waals surface area contributed by atoms with Crippen molar-refractivity contribution in [2.24, 2.45) is 5.73 Å². The minimum absolute atomic E-state index is 0.0110. The third-order valence-electron chi connectivity index (χ3n) is 4.67. The van der Waals surface area contributed by atoms with E-state index in [0.717, 1.165) is 22.2 Å². The second kappa shape index (κ2) is 8.68. The van der Waals surface area contributed by atoms with E-state index in [1.165, 1.54) is 18.7 Å². The fourth-order valence-corrected chi connectivity index (χ4v) is 4.14. The Labute approximate surface area is 187 Å². The Morgan fingerprint density at radius 2 is 1.97 bits per heavy atom. The summed E-state index contributed by atoms with van der Waals surface area (Å²) in [7, 11) is 0. The lowest BCUT2D eigenvalue weighted by atomic mass is 10.1. The van der Waals surface area contributed by atoms with Gasteiger partial charge in [0.2, 0.25) is 0 Å². The standard InChI is InChI=1S/C22H17ClN6OS/c1-13(25)17(10-24)20(30)12-31-22-28-27-21(29(22)15-8-6-14(23)7-9-15)18-11-26-19-5-3-2-4-16(18)19/h2-9,11,26H,12,25H2,1H3/b17-13+. The van der Waals surface area contributed by atoms with Crippen LogP contribution < -0.4 is 5.73 Å². The summed E-state index contributed by atoms with van der Waals surface area (Å²) in [5.41, 5.74) is 8.48. The van der Waals surface area contributed by atoms with E-state index in [1.54, 1.807) is 12.1 Å². The van der Waals surface area contributed by atoms with Gasteiger partial charge in [0.1, 0.15) is 11.6 Å². The fourth-order valence-electron chi connectivity index (χ4n) is 3.19. The number of fused-ring (bicyclic) bond motifs is 1. The van der Waals surface area contributed by atoms with Gasteiger partial charge in [0, 0.05) is 39.1 Å². The van der Waals surface area contributed by atoms with Crippen molar-refractivity contribution < 1.29 is 4.79 Å². The van der Waals surface area contributed by atoms with Crippen LogP contribution in [-0.2, 0) is 4.79 Å². The fraction of sp³-hybridized carbons (Fsp3) is 0.0909. The van der Waals surface area contributed by atoms with Crippen LogP contribution in [0.4, 0.5) is 0 Å². The first-order valence-corrected chi connectivity index (χ1v) is 10.7. The van der Waals surface area contributed by atoms with Gasteiger partial charge in [-0.3, -0.25) is 9.36 Å². The van der Waals surface area contributed by atoms with E-state index < -0.39 is 0 Å². The number of hydrogen-bond donors (Lipinski definition) is 2. The number of H-pyrrole nitrogens is 1. The first-order valence-electron chi connectivity index (χ1n) is 9.30. The van der Waals surface area contributed by atoms with E-state index in [0.29, 0.717) is 16.0 Å². The van der Waals surface area contributed by atoms with E-state index >= 15 is 0 Å². The van der Waals surface area contributed by atoms with Gasteiger partial charge in [-0.2, -0.15) is 5.26 Å². The number of benzene rings is 2. The van der Waals surface area contributed by atoms with Crippen LogP contribution in [0.2, 0.25) is 5.02 Å². The number of carbonyl (C=O) groups is 1. The summed E-state index contributed by atoms with van der Waals surface area (Å²) in [4.78, 5) is 15.7. The molecule has 7 nitrogen and oxygen atoms in total. The van der Waals surface area contributed by atoms with E-state index in [4.69, 9.17) is 17.3 Å². The van der Waals surface area contributed by atoms with Gasteiger partial charge >= 0.3 is 0 Å². The predicted molar refractivity (Wildman–Crippen MR) is 122 cm³/mol. The second-order valence-electron chi connectivity index (χ2n) is 6.75. The van der Waals surface area contributed by atoms with Crippen molar-refractivity contribution in [1.29, 1.82) is 5.26 Å². The highest BCUT2D eigenvalue weighted by atomic mass is 35.5. The molecule has 2 heterocycles. The average Bonchev–Trinajstić information content (AvgIpc) is 3.37. The number of rotatable bonds is 6. The van der Waals surface area contributed by atoms with Crippen molar-refractivity contribution in [1.82, 2.24) is 19.7 Å². The highest BCUT2D eigenvalue weighted by Gasteiger charge is 2.21. The zero-order valence-electron chi connectivity index (χ0n) is 16.5. The zero-order chi connectivity index (χ0) is 22.0. The number of carbonyl (C=O) groups excluding carboxylic acids is 1. The Balaban J connectivity index is 1.78. The van der Waals surface area contributed by atoms with Crippen molar-refractivity contribution >= 4 is 40.0 Å². The lowest BCUT2D eigenvalue weighted by Crippen LogP contribution is -2.11. The molecule has 4 rings (SSSR count). The van der Waals surface area contributed by atoms with Crippen LogP contribution in [0.5, 0.6) is 0 Å². The molecule has 0 aliphatic heterocycles. The average molecular weight is 449 g/mol. The molecule has 154 valence electrons. The van der Waals surface area contributed by atoms with Crippen molar-refractivity contribution in [3.05, 3.63) is 71.0 Å². The van der Waals surface area contributed by atoms with Gasteiger partial charge in [0.25, 0.3) is 0 Å². The van der Waals surface area contributed by atoms with Crippen molar-refractivity contribution in [3.8, 4) is 23.1 Å². The number of halogens is 1. The predicted octanol–water partition coefficient (Wildman–Crippen LogP) is 4.49. The quantitative estimate of drug-likeness (QED) is 0.255. The minimum Gasteiger partial charge on any atom is -0.401 e. The molecule has 0 unspecified atom stereocenters. The van der Waals surface area contributed by atoms with Crippen LogP contribution in [0.1, 0.15) is 6.92 Å². The molecule has 0 aliphatic rings. The number of ketones is 1. The number of nitrogens with one attached hydrogen (secondary N) is 1. The summed E-state index contributed by atoms with van der Waals surface area (Å²) in [5.74, 6) is 0.282. The highest BCUT2D eigenvalue weighted by molar-refractivity contribution is 7.99. The summed E-state index contributed by atoms with van der Waals surface area (Å²) >= 11 is 7.27. The molecule has 0 saturated heterocycles. The number of hydrogen-bond acceptors (Lipinski definition) is 6. The highest BCUT2D eigenvalue weighted by Crippen LogP contribution is 2.32. The van der Waals surface area contributed by atoms with Crippen LogP contribution in [0.3, 0.4) is 0 Å². The maximum absolute atomic E-state index is 12.4. The number of nitriles is 1. The van der Waals surface area contributed by atoms with Crippen molar-refractivity contribution in [2.45, 2.75) is 12.1 Å². The Bertz CT molecular complexity index is 1340. The molecule has 0 radical (unpaired) electrons. The van der Waals surface area contributed by atoms with Gasteiger partial charge in [0.15, 0.2) is 16.8 Å². The Kier molecular flexibility index (Phi) is 5.80. The molecular weight excluding hydrogens is 432 g/mol. The molecule has 0 saturated carbocycles. The monoisotopic (exact) mass is 448 g/mol. The summed E-state index contributed by atoms with van der Waals surface area (Å²) in [6.45, 7) is 1.53. The lowest BCUT2D eigenvalue weighted by Gasteiger charge is -2.10. The van der Waals surface area contributed by atoms with Gasteiger partial charge in [-0.1, -0.05) is 41.6 Å². The van der Waals surface area contributed by atoms with Crippen molar-refractivity contribution in [3.63, 3.8) is 0 Å². The Morgan fingerprint density at radius 3 is 2.68 bits per heavy atom. The largest absolute Gasteiger partial charge is 0.401 e. The lowest BCUT2D eigenvalue weighted by molar-refractivity contribution is -0.112. The smallest absolute Gasteiger partial charge is 0.196 e. The number of thioether (sulfide) groups is 1. The first kappa shape index (κ1) is 20.7. The number of aromatic amines is 1. The van der Waals surface area contributed by atoms with Gasteiger partial charge in [-0.05, 0) is 37.3 Å². The molecule has 4 aromatic rings. The van der Waals surface area contributed by atoms with E-state index in [-0.39, 0.29) is 22.8 Å². The van der Waals surface area contributed by atoms with Crippen LogP contribution in [0, 0.1) is 11.3 Å². The SMILES string of the molecule is C/C(N)=C(/C#N)C(=O)CSc1nnc(-c2c[nH]c3ccccc23)n1-c1ccc(Cl)cc1. The molecule has 0 bridgehead atoms. The van der Waals surface area contributed by atoms with E-state index in [2.05, 4.69) is 15.2 Å². The molecule has 0 aliphatic carbocycles. The van der Waals surface area contributed by atoms with Gasteiger partial charge < -0.3 is 10.7 Å². The summed E-state index contributed by atoms with van der Waals surface area (Å²) < 4.78 is 1.87. The Hall–Kier alpha value is -3.54. The summed E-state index contributed by atoms with van der Waals surface area (Å²) in [5, 5.41) is 20.1. The molecule has 31 heavy (non-hydrogen) atoms. The van der Waals surface area contributed by atoms with Crippen LogP contribution >= 0.6 is 23.4 Å². The van der Waals surface area contributed by atoms with Gasteiger partial charge in [0.05, 0.1) is 5.75 Å². The second-order valence-corrected chi connectivity index (χ2v) is 8.13. The van der Waals surface area contributed by atoms with Crippen molar-refractivity contribution in [2.75, 3.05) is 5.75 Å². The van der Waals surface area contributed by atoms with Crippen LogP contribution in [0.15, 0.2) is 71.2 Å². The van der Waals surface area contributed by atoms with Gasteiger partial charge in [-0.25, -0.2) is 0 Å². The molecule has 0 spiro atoms. The maximum atomic E-state index is 12.4. The number of aromatic nitrogens is 4.